The van der Waals surface area contributed by atoms with Crippen LogP contribution in [0.2, 0.25) is 0 Å². The highest BCUT2D eigenvalue weighted by Crippen LogP contribution is 2.19. The van der Waals surface area contributed by atoms with Crippen LogP contribution in [0, 0.1) is 0 Å². The summed E-state index contributed by atoms with van der Waals surface area (Å²) in [5.74, 6) is 0. The molecule has 1 aromatic rings. The van der Waals surface area contributed by atoms with Gasteiger partial charge >= 0.3 is 6.03 Å². The molecule has 1 fully saturated rings. The average molecular weight is 296 g/mol. The Morgan fingerprint density at radius 1 is 1.35 bits per heavy atom. The molecule has 0 radical (unpaired) electrons. The zero-order chi connectivity index (χ0) is 14.2. The molecule has 0 spiro atoms. The van der Waals surface area contributed by atoms with E-state index in [1.807, 2.05) is 16.8 Å². The number of carbonyl (C=O) groups is 1. The van der Waals surface area contributed by atoms with Crippen molar-refractivity contribution in [1.29, 1.82) is 0 Å². The van der Waals surface area contributed by atoms with Crippen molar-refractivity contribution < 1.29 is 9.90 Å². The molecule has 20 heavy (non-hydrogen) atoms. The highest BCUT2D eigenvalue weighted by atomic mass is 32.1. The molecule has 3 N–H and O–H groups in total. The van der Waals surface area contributed by atoms with Crippen LogP contribution in [0.15, 0.2) is 16.8 Å². The first kappa shape index (κ1) is 15.3. The number of carbonyl (C=O) groups excluding carboxylic acids is 1. The third-order valence-electron chi connectivity index (χ3n) is 3.82. The summed E-state index contributed by atoms with van der Waals surface area (Å²) in [6, 6.07) is 2.13. The molecule has 0 saturated heterocycles. The van der Waals surface area contributed by atoms with Gasteiger partial charge in [-0.05, 0) is 41.7 Å². The normalized spacial score (nSPS) is 18.2. The van der Waals surface area contributed by atoms with Gasteiger partial charge in [0.05, 0.1) is 6.10 Å². The van der Waals surface area contributed by atoms with Crippen molar-refractivity contribution in [2.45, 2.75) is 57.1 Å². The van der Waals surface area contributed by atoms with Gasteiger partial charge in [0.15, 0.2) is 0 Å². The molecule has 0 bridgehead atoms. The Labute approximate surface area is 124 Å². The number of amides is 2. The summed E-state index contributed by atoms with van der Waals surface area (Å²) >= 11 is 1.57. The Bertz CT molecular complexity index is 387. The molecule has 112 valence electrons. The van der Waals surface area contributed by atoms with Crippen LogP contribution in [0.3, 0.4) is 0 Å². The van der Waals surface area contributed by atoms with Crippen LogP contribution in [0.4, 0.5) is 4.79 Å². The molecule has 1 unspecified atom stereocenters. The van der Waals surface area contributed by atoms with Gasteiger partial charge in [-0.25, -0.2) is 4.79 Å². The summed E-state index contributed by atoms with van der Waals surface area (Å²) in [4.78, 5) is 11.8. The number of aliphatic hydroxyl groups is 1. The molecular formula is C15H24N2O2S. The van der Waals surface area contributed by atoms with Gasteiger partial charge in [0.2, 0.25) is 0 Å². The van der Waals surface area contributed by atoms with Gasteiger partial charge in [-0.3, -0.25) is 0 Å². The average Bonchev–Trinajstić information content (AvgIpc) is 2.85. The number of aliphatic hydroxyl groups excluding tert-OH is 1. The minimum Gasteiger partial charge on any atom is -0.388 e. The van der Waals surface area contributed by atoms with Gasteiger partial charge in [0.25, 0.3) is 0 Å². The van der Waals surface area contributed by atoms with Gasteiger partial charge < -0.3 is 15.7 Å². The zero-order valence-corrected chi connectivity index (χ0v) is 12.6. The van der Waals surface area contributed by atoms with Crippen molar-refractivity contribution in [3.63, 3.8) is 0 Å². The Balaban J connectivity index is 1.62. The Hall–Kier alpha value is -1.07. The quantitative estimate of drug-likeness (QED) is 0.731. The smallest absolute Gasteiger partial charge is 0.315 e. The topological polar surface area (TPSA) is 61.4 Å². The van der Waals surface area contributed by atoms with Crippen LogP contribution >= 0.6 is 11.3 Å². The fourth-order valence-corrected chi connectivity index (χ4v) is 3.32. The summed E-state index contributed by atoms with van der Waals surface area (Å²) in [5, 5.41) is 19.7. The lowest BCUT2D eigenvalue weighted by Crippen LogP contribution is -2.42. The second-order valence-electron chi connectivity index (χ2n) is 5.45. The van der Waals surface area contributed by atoms with Crippen LogP contribution in [0.25, 0.3) is 0 Å². The van der Waals surface area contributed by atoms with E-state index >= 15 is 0 Å². The van der Waals surface area contributed by atoms with Crippen LogP contribution in [-0.2, 0) is 0 Å². The maximum absolute atomic E-state index is 11.8. The lowest BCUT2D eigenvalue weighted by molar-refractivity contribution is 0.167. The first-order chi connectivity index (χ1) is 9.75. The van der Waals surface area contributed by atoms with Crippen LogP contribution in [-0.4, -0.2) is 23.7 Å². The Morgan fingerprint density at radius 2 is 2.10 bits per heavy atom. The number of hydrogen-bond acceptors (Lipinski definition) is 3. The van der Waals surface area contributed by atoms with Gasteiger partial charge in [-0.15, -0.1) is 0 Å². The molecule has 1 aliphatic rings. The highest BCUT2D eigenvalue weighted by molar-refractivity contribution is 7.07. The molecule has 5 heteroatoms. The van der Waals surface area contributed by atoms with E-state index in [4.69, 9.17) is 0 Å². The van der Waals surface area contributed by atoms with E-state index in [1.165, 1.54) is 25.7 Å². The lowest BCUT2D eigenvalue weighted by Gasteiger charge is -2.17. The standard InChI is InChI=1S/C15H24N2O2S/c18-14(12-8-10-20-11-12)7-9-16-15(19)17-13-5-3-1-2-4-6-13/h8,10-11,13-14,18H,1-7,9H2,(H2,16,17,19). The predicted octanol–water partition coefficient (Wildman–Crippen LogP) is 3.19. The highest BCUT2D eigenvalue weighted by Gasteiger charge is 2.14. The molecule has 1 saturated carbocycles. The second-order valence-corrected chi connectivity index (χ2v) is 6.23. The Morgan fingerprint density at radius 3 is 2.75 bits per heavy atom. The van der Waals surface area contributed by atoms with Crippen molar-refractivity contribution in [2.24, 2.45) is 0 Å². The summed E-state index contributed by atoms with van der Waals surface area (Å²) in [7, 11) is 0. The third-order valence-corrected chi connectivity index (χ3v) is 4.52. The molecular weight excluding hydrogens is 272 g/mol. The molecule has 1 heterocycles. The van der Waals surface area contributed by atoms with E-state index in [1.54, 1.807) is 11.3 Å². The van der Waals surface area contributed by atoms with E-state index in [0.29, 0.717) is 19.0 Å². The summed E-state index contributed by atoms with van der Waals surface area (Å²) in [6.07, 6.45) is 7.23. The van der Waals surface area contributed by atoms with Crippen LogP contribution in [0.5, 0.6) is 0 Å². The van der Waals surface area contributed by atoms with E-state index in [2.05, 4.69) is 10.6 Å². The minimum atomic E-state index is -0.487. The molecule has 0 aliphatic heterocycles. The van der Waals surface area contributed by atoms with E-state index in [0.717, 1.165) is 18.4 Å². The molecule has 0 aromatic carbocycles. The van der Waals surface area contributed by atoms with Gasteiger partial charge in [-0.2, -0.15) is 11.3 Å². The molecule has 2 rings (SSSR count). The van der Waals surface area contributed by atoms with Crippen molar-refractivity contribution in [3.8, 4) is 0 Å². The van der Waals surface area contributed by atoms with Gasteiger partial charge in [0, 0.05) is 12.6 Å². The molecule has 1 aliphatic carbocycles. The molecule has 4 nitrogen and oxygen atoms in total. The summed E-state index contributed by atoms with van der Waals surface area (Å²) in [6.45, 7) is 0.496. The lowest BCUT2D eigenvalue weighted by atomic mass is 10.1. The molecule has 1 aromatic heterocycles. The maximum Gasteiger partial charge on any atom is 0.315 e. The van der Waals surface area contributed by atoms with Gasteiger partial charge in [-0.1, -0.05) is 25.7 Å². The fourth-order valence-electron chi connectivity index (χ4n) is 2.61. The van der Waals surface area contributed by atoms with E-state index in [-0.39, 0.29) is 6.03 Å². The van der Waals surface area contributed by atoms with Crippen LogP contribution < -0.4 is 10.6 Å². The van der Waals surface area contributed by atoms with Crippen molar-refractivity contribution in [3.05, 3.63) is 22.4 Å². The minimum absolute atomic E-state index is 0.102. The number of urea groups is 1. The Kier molecular flexibility index (Phi) is 6.33. The number of hydrogen-bond donors (Lipinski definition) is 3. The van der Waals surface area contributed by atoms with E-state index < -0.39 is 6.10 Å². The molecule has 2 amide bonds. The largest absolute Gasteiger partial charge is 0.388 e. The number of thiophene rings is 1. The first-order valence-electron chi connectivity index (χ1n) is 7.50. The number of nitrogens with one attached hydrogen (secondary N) is 2. The number of rotatable bonds is 5. The monoisotopic (exact) mass is 296 g/mol. The summed E-state index contributed by atoms with van der Waals surface area (Å²) < 4.78 is 0. The second kappa shape index (κ2) is 8.27. The van der Waals surface area contributed by atoms with Crippen molar-refractivity contribution in [2.75, 3.05) is 6.54 Å². The predicted molar refractivity (Wildman–Crippen MR) is 81.9 cm³/mol. The SMILES string of the molecule is O=C(NCCC(O)c1ccsc1)NC1CCCCCC1. The van der Waals surface area contributed by atoms with Crippen LogP contribution in [0.1, 0.15) is 56.6 Å². The zero-order valence-electron chi connectivity index (χ0n) is 11.8. The fraction of sp³-hybridized carbons (Fsp3) is 0.667. The van der Waals surface area contributed by atoms with E-state index in [9.17, 15) is 9.90 Å². The third kappa shape index (κ3) is 5.13. The first-order valence-corrected chi connectivity index (χ1v) is 8.44. The van der Waals surface area contributed by atoms with Crippen molar-refractivity contribution >= 4 is 17.4 Å². The maximum atomic E-state index is 11.8. The van der Waals surface area contributed by atoms with Crippen molar-refractivity contribution in [1.82, 2.24) is 10.6 Å². The van der Waals surface area contributed by atoms with Gasteiger partial charge in [0.1, 0.15) is 0 Å². The summed E-state index contributed by atoms with van der Waals surface area (Å²) in [5.41, 5.74) is 0.931. The molecule has 1 atom stereocenters.